The van der Waals surface area contributed by atoms with E-state index in [9.17, 15) is 4.79 Å². The molecule has 3 rings (SSSR count). The average Bonchev–Trinajstić information content (AvgIpc) is 3.10. The number of ether oxygens (including phenoxy) is 1. The molecule has 0 saturated carbocycles. The fourth-order valence-corrected chi connectivity index (χ4v) is 2.79. The molecule has 1 aromatic carbocycles. The average molecular weight is 283 g/mol. The summed E-state index contributed by atoms with van der Waals surface area (Å²) in [5, 5.41) is 0. The van der Waals surface area contributed by atoms with Crippen LogP contribution in [0.3, 0.4) is 0 Å². The summed E-state index contributed by atoms with van der Waals surface area (Å²) in [5.74, 6) is 0.934. The topological polar surface area (TPSA) is 31.2 Å². The van der Waals surface area contributed by atoms with Crippen LogP contribution in [0.25, 0.3) is 0 Å². The van der Waals surface area contributed by atoms with Gasteiger partial charge in [0.2, 0.25) is 5.78 Å². The maximum atomic E-state index is 12.6. The summed E-state index contributed by atoms with van der Waals surface area (Å²) in [6.45, 7) is 3.83. The largest absolute Gasteiger partial charge is 0.494 e. The molecule has 0 radical (unpaired) electrons. The van der Waals surface area contributed by atoms with Crippen molar-refractivity contribution in [2.45, 2.75) is 39.2 Å². The number of ketones is 1. The van der Waals surface area contributed by atoms with E-state index in [2.05, 4.69) is 17.6 Å². The van der Waals surface area contributed by atoms with Crippen molar-refractivity contribution in [3.05, 3.63) is 53.3 Å². The molecule has 0 N–H and O–H groups in total. The Kier molecular flexibility index (Phi) is 4.09. The predicted octanol–water partition coefficient (Wildman–Crippen LogP) is 3.84. The minimum atomic E-state index is 0.100. The van der Waals surface area contributed by atoms with Gasteiger partial charge >= 0.3 is 0 Å². The monoisotopic (exact) mass is 283 g/mol. The molecule has 1 aromatic heterocycles. The molecule has 0 saturated heterocycles. The van der Waals surface area contributed by atoms with E-state index in [4.69, 9.17) is 4.74 Å². The van der Waals surface area contributed by atoms with Gasteiger partial charge in [0.25, 0.3) is 0 Å². The van der Waals surface area contributed by atoms with Crippen LogP contribution in [-0.2, 0) is 13.0 Å². The zero-order valence-electron chi connectivity index (χ0n) is 12.5. The van der Waals surface area contributed by atoms with Crippen LogP contribution in [0, 0.1) is 0 Å². The molecule has 0 spiro atoms. The third-order valence-electron chi connectivity index (χ3n) is 4.00. The summed E-state index contributed by atoms with van der Waals surface area (Å²) < 4.78 is 7.78. The number of carbonyl (C=O) groups is 1. The summed E-state index contributed by atoms with van der Waals surface area (Å²) in [5.41, 5.74) is 2.81. The number of aromatic nitrogens is 1. The summed E-state index contributed by atoms with van der Waals surface area (Å²) >= 11 is 0. The second-order valence-corrected chi connectivity index (χ2v) is 5.52. The van der Waals surface area contributed by atoms with Gasteiger partial charge < -0.3 is 9.30 Å². The quantitative estimate of drug-likeness (QED) is 0.595. The smallest absolute Gasteiger partial charge is 0.209 e. The van der Waals surface area contributed by atoms with Crippen LogP contribution in [0.5, 0.6) is 5.75 Å². The van der Waals surface area contributed by atoms with Gasteiger partial charge in [-0.3, -0.25) is 4.79 Å². The van der Waals surface area contributed by atoms with Crippen LogP contribution in [0.4, 0.5) is 0 Å². The molecule has 0 unspecified atom stereocenters. The third-order valence-corrected chi connectivity index (χ3v) is 4.00. The number of unbranched alkanes of at least 4 members (excludes halogenated alkanes) is 1. The van der Waals surface area contributed by atoms with Crippen LogP contribution in [0.15, 0.2) is 36.4 Å². The van der Waals surface area contributed by atoms with Crippen LogP contribution in [0.2, 0.25) is 0 Å². The Morgan fingerprint density at radius 3 is 2.76 bits per heavy atom. The molecular formula is C18H21NO2. The van der Waals surface area contributed by atoms with Crippen molar-refractivity contribution < 1.29 is 9.53 Å². The second-order valence-electron chi connectivity index (χ2n) is 5.52. The number of hydrogen-bond donors (Lipinski definition) is 0. The van der Waals surface area contributed by atoms with Crippen LogP contribution >= 0.6 is 0 Å². The number of rotatable bonds is 6. The molecule has 3 heteroatoms. The Labute approximate surface area is 125 Å². The SMILES string of the molecule is CCCCOc1ccc(C(=O)c2ccc3n2CCC3)cc1. The Hall–Kier alpha value is -2.03. The van der Waals surface area contributed by atoms with E-state index in [1.165, 1.54) is 5.69 Å². The van der Waals surface area contributed by atoms with Gasteiger partial charge in [0.05, 0.1) is 12.3 Å². The van der Waals surface area contributed by atoms with Gasteiger partial charge in [-0.1, -0.05) is 13.3 Å². The van der Waals surface area contributed by atoms with Gasteiger partial charge in [-0.25, -0.2) is 0 Å². The maximum Gasteiger partial charge on any atom is 0.209 e. The summed E-state index contributed by atoms with van der Waals surface area (Å²) in [6, 6.07) is 11.5. The Bertz CT molecular complexity index is 625. The first-order valence-electron chi connectivity index (χ1n) is 7.75. The summed E-state index contributed by atoms with van der Waals surface area (Å²) in [4.78, 5) is 12.6. The van der Waals surface area contributed by atoms with E-state index in [-0.39, 0.29) is 5.78 Å². The third kappa shape index (κ3) is 2.87. The van der Waals surface area contributed by atoms with Gasteiger partial charge in [-0.2, -0.15) is 0 Å². The van der Waals surface area contributed by atoms with Crippen LogP contribution in [0.1, 0.15) is 47.9 Å². The number of aryl methyl sites for hydroxylation is 1. The summed E-state index contributed by atoms with van der Waals surface area (Å²) in [6.07, 6.45) is 4.39. The highest BCUT2D eigenvalue weighted by atomic mass is 16.5. The molecule has 0 bridgehead atoms. The lowest BCUT2D eigenvalue weighted by Crippen LogP contribution is -2.08. The number of benzene rings is 1. The highest BCUT2D eigenvalue weighted by Gasteiger charge is 2.19. The number of hydrogen-bond acceptors (Lipinski definition) is 2. The van der Waals surface area contributed by atoms with Crippen molar-refractivity contribution in [2.75, 3.05) is 6.61 Å². The first-order chi connectivity index (χ1) is 10.3. The standard InChI is InChI=1S/C18H21NO2/c1-2-3-13-21-16-9-6-14(7-10-16)18(20)17-11-8-15-5-4-12-19(15)17/h6-11H,2-5,12-13H2,1H3. The van der Waals surface area contributed by atoms with Crippen molar-refractivity contribution in [1.29, 1.82) is 0 Å². The lowest BCUT2D eigenvalue weighted by atomic mass is 10.1. The van der Waals surface area contributed by atoms with E-state index in [0.29, 0.717) is 0 Å². The molecule has 21 heavy (non-hydrogen) atoms. The Morgan fingerprint density at radius 2 is 2.00 bits per heavy atom. The van der Waals surface area contributed by atoms with Gasteiger partial charge in [0.1, 0.15) is 5.75 Å². The van der Waals surface area contributed by atoms with E-state index < -0.39 is 0 Å². The van der Waals surface area contributed by atoms with E-state index in [1.807, 2.05) is 30.3 Å². The number of nitrogens with zero attached hydrogens (tertiary/aromatic N) is 1. The Morgan fingerprint density at radius 1 is 1.19 bits per heavy atom. The molecule has 2 heterocycles. The molecular weight excluding hydrogens is 262 g/mol. The van der Waals surface area contributed by atoms with Crippen molar-refractivity contribution in [2.24, 2.45) is 0 Å². The fourth-order valence-electron chi connectivity index (χ4n) is 2.79. The Balaban J connectivity index is 1.73. The zero-order chi connectivity index (χ0) is 14.7. The zero-order valence-corrected chi connectivity index (χ0v) is 12.5. The highest BCUT2D eigenvalue weighted by Crippen LogP contribution is 2.22. The molecule has 0 aliphatic carbocycles. The maximum absolute atomic E-state index is 12.6. The fraction of sp³-hybridized carbons (Fsp3) is 0.389. The van der Waals surface area contributed by atoms with Crippen molar-refractivity contribution in [3.8, 4) is 5.75 Å². The van der Waals surface area contributed by atoms with Crippen LogP contribution < -0.4 is 4.74 Å². The van der Waals surface area contributed by atoms with Crippen molar-refractivity contribution >= 4 is 5.78 Å². The normalized spacial score (nSPS) is 13.2. The lowest BCUT2D eigenvalue weighted by molar-refractivity contribution is 0.103. The minimum absolute atomic E-state index is 0.100. The van der Waals surface area contributed by atoms with Gasteiger partial charge in [-0.15, -0.1) is 0 Å². The predicted molar refractivity (Wildman–Crippen MR) is 83.0 cm³/mol. The van der Waals surface area contributed by atoms with E-state index >= 15 is 0 Å². The minimum Gasteiger partial charge on any atom is -0.494 e. The van der Waals surface area contributed by atoms with Gasteiger partial charge in [-0.05, 0) is 55.7 Å². The van der Waals surface area contributed by atoms with Crippen molar-refractivity contribution in [1.82, 2.24) is 4.57 Å². The van der Waals surface area contributed by atoms with Gasteiger partial charge in [0, 0.05) is 17.8 Å². The van der Waals surface area contributed by atoms with Crippen molar-refractivity contribution in [3.63, 3.8) is 0 Å². The molecule has 0 atom stereocenters. The van der Waals surface area contributed by atoms with E-state index in [1.54, 1.807) is 0 Å². The van der Waals surface area contributed by atoms with E-state index in [0.717, 1.165) is 55.8 Å². The molecule has 0 amide bonds. The molecule has 1 aliphatic rings. The van der Waals surface area contributed by atoms with Gasteiger partial charge in [0.15, 0.2) is 0 Å². The molecule has 1 aliphatic heterocycles. The highest BCUT2D eigenvalue weighted by molar-refractivity contribution is 6.08. The molecule has 0 fully saturated rings. The number of fused-ring (bicyclic) bond motifs is 1. The first-order valence-corrected chi connectivity index (χ1v) is 7.75. The molecule has 3 nitrogen and oxygen atoms in total. The second kappa shape index (κ2) is 6.17. The lowest BCUT2D eigenvalue weighted by Gasteiger charge is -2.08. The molecule has 2 aromatic rings. The first kappa shape index (κ1) is 13.9. The van der Waals surface area contributed by atoms with Crippen LogP contribution in [-0.4, -0.2) is 17.0 Å². The molecule has 110 valence electrons. The number of carbonyl (C=O) groups excluding carboxylic acids is 1. The summed E-state index contributed by atoms with van der Waals surface area (Å²) in [7, 11) is 0.